The number of hydrogen-bond donors (Lipinski definition) is 2. The Morgan fingerprint density at radius 1 is 1.28 bits per heavy atom. The summed E-state index contributed by atoms with van der Waals surface area (Å²) in [6.45, 7) is 2.01. The molecule has 1 saturated carbocycles. The quantitative estimate of drug-likeness (QED) is 0.714. The zero-order valence-electron chi connectivity index (χ0n) is 14.1. The van der Waals surface area contributed by atoms with Gasteiger partial charge in [-0.1, -0.05) is 11.6 Å². The van der Waals surface area contributed by atoms with Crippen molar-refractivity contribution >= 4 is 17.5 Å². The van der Waals surface area contributed by atoms with Gasteiger partial charge in [-0.15, -0.1) is 0 Å². The third-order valence-corrected chi connectivity index (χ3v) is 6.98. The summed E-state index contributed by atoms with van der Waals surface area (Å²) in [5, 5.41) is 3.88. The van der Waals surface area contributed by atoms with Crippen LogP contribution in [0.3, 0.4) is 0 Å². The molecule has 1 amide bonds. The molecular weight excluding hydrogens is 336 g/mol. The van der Waals surface area contributed by atoms with Gasteiger partial charge >= 0.3 is 0 Å². The van der Waals surface area contributed by atoms with Gasteiger partial charge in [0.2, 0.25) is 0 Å². The van der Waals surface area contributed by atoms with Crippen LogP contribution in [0.25, 0.3) is 11.3 Å². The molecule has 2 aromatic rings. The predicted octanol–water partition coefficient (Wildman–Crippen LogP) is 2.29. The van der Waals surface area contributed by atoms with Crippen LogP contribution >= 0.6 is 11.6 Å². The number of aromatic amines is 1. The molecule has 4 heterocycles. The highest BCUT2D eigenvalue weighted by molar-refractivity contribution is 6.29. The van der Waals surface area contributed by atoms with E-state index in [9.17, 15) is 4.79 Å². The highest BCUT2D eigenvalue weighted by Gasteiger charge is 2.68. The second-order valence-corrected chi connectivity index (χ2v) is 8.57. The third kappa shape index (κ3) is 1.59. The SMILES string of the molecule is CN1CC2(C1)c1[nH]c3c(c1C(=O)NC21CC1)CCc1cnc(Cl)cc1-3. The van der Waals surface area contributed by atoms with E-state index < -0.39 is 0 Å². The van der Waals surface area contributed by atoms with Crippen molar-refractivity contribution in [2.24, 2.45) is 0 Å². The molecule has 1 saturated heterocycles. The van der Waals surface area contributed by atoms with Crippen LogP contribution in [0.2, 0.25) is 5.15 Å². The average molecular weight is 355 g/mol. The summed E-state index contributed by atoms with van der Waals surface area (Å²) in [5.41, 5.74) is 6.63. The molecule has 6 heteroatoms. The topological polar surface area (TPSA) is 61.0 Å². The van der Waals surface area contributed by atoms with Gasteiger partial charge in [0.25, 0.3) is 5.91 Å². The fraction of sp³-hybridized carbons (Fsp3) is 0.474. The number of fused-ring (bicyclic) bond motifs is 7. The van der Waals surface area contributed by atoms with Crippen molar-refractivity contribution in [3.8, 4) is 11.3 Å². The highest BCUT2D eigenvalue weighted by atomic mass is 35.5. The number of nitrogens with one attached hydrogen (secondary N) is 2. The van der Waals surface area contributed by atoms with Crippen LogP contribution in [-0.4, -0.2) is 46.5 Å². The van der Waals surface area contributed by atoms with Crippen LogP contribution in [0, 0.1) is 0 Å². The van der Waals surface area contributed by atoms with Crippen molar-refractivity contribution < 1.29 is 4.79 Å². The lowest BCUT2D eigenvalue weighted by Gasteiger charge is -2.55. The Bertz CT molecular complexity index is 953. The van der Waals surface area contributed by atoms with Gasteiger partial charge in [0.05, 0.1) is 22.2 Å². The van der Waals surface area contributed by atoms with Gasteiger partial charge in [-0.25, -0.2) is 4.98 Å². The maximum absolute atomic E-state index is 13.0. The van der Waals surface area contributed by atoms with Gasteiger partial charge in [0.1, 0.15) is 5.15 Å². The van der Waals surface area contributed by atoms with E-state index in [0.29, 0.717) is 5.15 Å². The van der Waals surface area contributed by atoms with Crippen LogP contribution in [0.15, 0.2) is 12.3 Å². The lowest BCUT2D eigenvalue weighted by molar-refractivity contribution is 0.0340. The standard InChI is InChI=1S/C19H19ClN4O/c1-24-8-18(9-24)16-14(17(25)23-19(18)4-5-19)11-3-2-10-7-21-13(20)6-12(10)15(11)22-16/h6-7,22H,2-5,8-9H2,1H3,(H,23,25). The van der Waals surface area contributed by atoms with Gasteiger partial charge in [-0.05, 0) is 49.9 Å². The number of rotatable bonds is 0. The van der Waals surface area contributed by atoms with Gasteiger partial charge in [0, 0.05) is 30.5 Å². The maximum Gasteiger partial charge on any atom is 0.253 e. The molecule has 0 radical (unpaired) electrons. The van der Waals surface area contributed by atoms with Crippen molar-refractivity contribution in [2.75, 3.05) is 20.1 Å². The fourth-order valence-corrected chi connectivity index (χ4v) is 5.64. The van der Waals surface area contributed by atoms with E-state index in [-0.39, 0.29) is 16.9 Å². The highest BCUT2D eigenvalue weighted by Crippen LogP contribution is 2.59. The summed E-state index contributed by atoms with van der Waals surface area (Å²) >= 11 is 6.16. The van der Waals surface area contributed by atoms with Gasteiger partial charge < -0.3 is 15.2 Å². The molecule has 2 aliphatic carbocycles. The smallest absolute Gasteiger partial charge is 0.253 e. The van der Waals surface area contributed by atoms with Crippen LogP contribution in [0.1, 0.15) is 40.0 Å². The molecular formula is C19H19ClN4O. The van der Waals surface area contributed by atoms with Crippen LogP contribution < -0.4 is 5.32 Å². The first-order valence-electron chi connectivity index (χ1n) is 8.94. The Kier molecular flexibility index (Phi) is 2.45. The lowest BCUT2D eigenvalue weighted by atomic mass is 9.65. The van der Waals surface area contributed by atoms with E-state index in [1.807, 2.05) is 12.3 Å². The van der Waals surface area contributed by atoms with Crippen LogP contribution in [0.4, 0.5) is 0 Å². The number of carbonyl (C=O) groups is 1. The van der Waals surface area contributed by atoms with E-state index in [0.717, 1.165) is 66.9 Å². The Hall–Kier alpha value is -1.85. The predicted molar refractivity (Wildman–Crippen MR) is 95.0 cm³/mol. The summed E-state index contributed by atoms with van der Waals surface area (Å²) in [5.74, 6) is 0.105. The molecule has 128 valence electrons. The minimum absolute atomic E-state index is 0.0320. The number of pyridine rings is 1. The van der Waals surface area contributed by atoms with E-state index in [1.165, 1.54) is 5.56 Å². The summed E-state index contributed by atoms with van der Waals surface area (Å²) in [6, 6.07) is 1.93. The molecule has 2 N–H and O–H groups in total. The van der Waals surface area contributed by atoms with Gasteiger partial charge in [-0.2, -0.15) is 0 Å². The molecule has 6 rings (SSSR count). The van der Waals surface area contributed by atoms with Gasteiger partial charge in [-0.3, -0.25) is 4.79 Å². The summed E-state index contributed by atoms with van der Waals surface area (Å²) in [6.07, 6.45) is 5.83. The first-order valence-corrected chi connectivity index (χ1v) is 9.32. The zero-order valence-corrected chi connectivity index (χ0v) is 14.8. The molecule has 2 aromatic heterocycles. The monoisotopic (exact) mass is 354 g/mol. The molecule has 2 spiro atoms. The molecule has 25 heavy (non-hydrogen) atoms. The number of amides is 1. The number of carbonyl (C=O) groups excluding carboxylic acids is 1. The molecule has 4 aliphatic rings. The van der Waals surface area contributed by atoms with E-state index in [4.69, 9.17) is 11.6 Å². The molecule has 2 fully saturated rings. The number of likely N-dealkylation sites (N-methyl/N-ethyl adjacent to an activating group) is 1. The second-order valence-electron chi connectivity index (χ2n) is 8.18. The number of halogens is 1. The lowest BCUT2D eigenvalue weighted by Crippen LogP contribution is -2.71. The van der Waals surface area contributed by atoms with E-state index in [1.54, 1.807) is 0 Å². The number of H-pyrrole nitrogens is 1. The molecule has 0 unspecified atom stereocenters. The number of likely N-dealkylation sites (tertiary alicyclic amines) is 1. The van der Waals surface area contributed by atoms with Crippen molar-refractivity contribution in [2.45, 2.75) is 36.6 Å². The first-order chi connectivity index (χ1) is 12.0. The third-order valence-electron chi connectivity index (χ3n) is 6.77. The average Bonchev–Trinajstić information content (AvgIpc) is 3.20. The second kappa shape index (κ2) is 4.27. The minimum atomic E-state index is -0.0320. The largest absolute Gasteiger partial charge is 0.357 e. The van der Waals surface area contributed by atoms with Crippen molar-refractivity contribution in [1.82, 2.24) is 20.2 Å². The van der Waals surface area contributed by atoms with Crippen LogP contribution in [0.5, 0.6) is 0 Å². The normalized spacial score (nSPS) is 24.3. The van der Waals surface area contributed by atoms with E-state index in [2.05, 4.69) is 27.2 Å². The van der Waals surface area contributed by atoms with Crippen molar-refractivity contribution in [1.29, 1.82) is 0 Å². The zero-order chi connectivity index (χ0) is 17.0. The Balaban J connectivity index is 1.61. The number of nitrogens with zero attached hydrogens (tertiary/aromatic N) is 2. The molecule has 0 bridgehead atoms. The summed E-state index contributed by atoms with van der Waals surface area (Å²) in [7, 11) is 2.15. The van der Waals surface area contributed by atoms with Crippen LogP contribution in [-0.2, 0) is 18.3 Å². The Labute approximate surface area is 150 Å². The van der Waals surface area contributed by atoms with Gasteiger partial charge in [0.15, 0.2) is 0 Å². The number of aromatic nitrogens is 2. The number of aryl methyl sites for hydroxylation is 1. The molecule has 2 aliphatic heterocycles. The first kappa shape index (κ1) is 14.3. The Morgan fingerprint density at radius 2 is 2.08 bits per heavy atom. The van der Waals surface area contributed by atoms with Crippen molar-refractivity contribution in [3.05, 3.63) is 39.8 Å². The fourth-order valence-electron chi connectivity index (χ4n) is 5.48. The maximum atomic E-state index is 13.0. The minimum Gasteiger partial charge on any atom is -0.357 e. The molecule has 0 atom stereocenters. The van der Waals surface area contributed by atoms with Crippen molar-refractivity contribution in [3.63, 3.8) is 0 Å². The molecule has 5 nitrogen and oxygen atoms in total. The number of hydrogen-bond acceptors (Lipinski definition) is 3. The summed E-state index contributed by atoms with van der Waals surface area (Å²) < 4.78 is 0. The molecule has 0 aromatic carbocycles. The van der Waals surface area contributed by atoms with E-state index >= 15 is 0 Å². The Morgan fingerprint density at radius 3 is 2.80 bits per heavy atom. The summed E-state index contributed by atoms with van der Waals surface area (Å²) in [4.78, 5) is 23.3.